The lowest BCUT2D eigenvalue weighted by Gasteiger charge is -2.44. The van der Waals surface area contributed by atoms with Crippen LogP contribution in [0.4, 0.5) is 0 Å². The fourth-order valence-corrected chi connectivity index (χ4v) is 3.54. The smallest absolute Gasteiger partial charge is 0.0956 e. The second-order valence-corrected chi connectivity index (χ2v) is 5.84. The Morgan fingerprint density at radius 3 is 2.80 bits per heavy atom. The van der Waals surface area contributed by atoms with E-state index in [0.717, 1.165) is 17.7 Å². The molecular weight excluding hydrogens is 248 g/mol. The van der Waals surface area contributed by atoms with Gasteiger partial charge in [0.25, 0.3) is 0 Å². The van der Waals surface area contributed by atoms with Gasteiger partial charge < -0.3 is 10.3 Å². The Balaban J connectivity index is 2.08. The van der Waals surface area contributed by atoms with Crippen molar-refractivity contribution in [1.29, 1.82) is 0 Å². The van der Waals surface area contributed by atoms with E-state index in [1.54, 1.807) is 0 Å². The predicted octanol–water partition coefficient (Wildman–Crippen LogP) is 2.81. The lowest BCUT2D eigenvalue weighted by atomic mass is 9.73. The van der Waals surface area contributed by atoms with Crippen molar-refractivity contribution in [2.75, 3.05) is 6.54 Å². The highest BCUT2D eigenvalue weighted by Gasteiger charge is 2.39. The molecule has 1 aliphatic rings. The summed E-state index contributed by atoms with van der Waals surface area (Å²) in [6.45, 7) is 2.99. The Labute approximate surface area is 120 Å². The summed E-state index contributed by atoms with van der Waals surface area (Å²) in [6.07, 6.45) is 12.5. The zero-order valence-corrected chi connectivity index (χ0v) is 12.0. The highest BCUT2D eigenvalue weighted by molar-refractivity contribution is 5.58. The summed E-state index contributed by atoms with van der Waals surface area (Å²) < 4.78 is 2.31. The van der Waals surface area contributed by atoms with Gasteiger partial charge in [0.15, 0.2) is 0 Å². The first-order valence-electron chi connectivity index (χ1n) is 7.41. The minimum atomic E-state index is 0.00729. The van der Waals surface area contributed by atoms with Crippen LogP contribution in [0.5, 0.6) is 0 Å². The summed E-state index contributed by atoms with van der Waals surface area (Å²) in [7, 11) is 0. The fraction of sp³-hybridized carbons (Fsp3) is 0.500. The number of nitrogens with two attached hydrogens (primary N) is 1. The SMILES string of the molecule is CC1CCCCC1(CN)n1cncc1-c1ccncc1. The van der Waals surface area contributed by atoms with Gasteiger partial charge in [-0.25, -0.2) is 4.98 Å². The molecule has 106 valence electrons. The maximum absolute atomic E-state index is 6.21. The molecule has 0 saturated heterocycles. The molecule has 2 heterocycles. The van der Waals surface area contributed by atoms with Crippen LogP contribution in [0.2, 0.25) is 0 Å². The van der Waals surface area contributed by atoms with Gasteiger partial charge in [0, 0.05) is 24.5 Å². The van der Waals surface area contributed by atoms with Crippen LogP contribution in [0, 0.1) is 5.92 Å². The van der Waals surface area contributed by atoms with E-state index in [2.05, 4.69) is 21.5 Å². The summed E-state index contributed by atoms with van der Waals surface area (Å²) in [4.78, 5) is 8.48. The Hall–Kier alpha value is -1.68. The molecule has 2 unspecified atom stereocenters. The Kier molecular flexibility index (Phi) is 3.57. The van der Waals surface area contributed by atoms with Crippen molar-refractivity contribution in [2.24, 2.45) is 11.7 Å². The highest BCUT2D eigenvalue weighted by atomic mass is 15.1. The molecule has 2 aromatic heterocycles. The summed E-state index contributed by atoms with van der Waals surface area (Å²) in [5.74, 6) is 0.580. The molecule has 2 atom stereocenters. The van der Waals surface area contributed by atoms with Gasteiger partial charge in [0.05, 0.1) is 23.8 Å². The molecule has 4 heteroatoms. The van der Waals surface area contributed by atoms with Crippen LogP contribution in [0.1, 0.15) is 32.6 Å². The summed E-state index contributed by atoms with van der Waals surface area (Å²) in [5, 5.41) is 0. The topological polar surface area (TPSA) is 56.7 Å². The van der Waals surface area contributed by atoms with E-state index in [4.69, 9.17) is 5.73 Å². The maximum Gasteiger partial charge on any atom is 0.0956 e. The minimum absolute atomic E-state index is 0.00729. The molecule has 0 bridgehead atoms. The molecule has 2 N–H and O–H groups in total. The molecule has 0 amide bonds. The van der Waals surface area contributed by atoms with Crippen molar-refractivity contribution in [3.05, 3.63) is 37.1 Å². The molecular formula is C16H22N4. The molecule has 1 fully saturated rings. The third kappa shape index (κ3) is 2.04. The number of pyridine rings is 1. The monoisotopic (exact) mass is 270 g/mol. The van der Waals surface area contributed by atoms with Crippen molar-refractivity contribution < 1.29 is 0 Å². The average Bonchev–Trinajstić information content (AvgIpc) is 2.99. The number of nitrogens with zero attached hydrogens (tertiary/aromatic N) is 3. The second kappa shape index (κ2) is 5.37. The average molecular weight is 270 g/mol. The largest absolute Gasteiger partial charge is 0.328 e. The molecule has 4 nitrogen and oxygen atoms in total. The first kappa shape index (κ1) is 13.3. The van der Waals surface area contributed by atoms with Crippen molar-refractivity contribution in [3.63, 3.8) is 0 Å². The van der Waals surface area contributed by atoms with Crippen LogP contribution in [0.15, 0.2) is 37.1 Å². The van der Waals surface area contributed by atoms with Gasteiger partial charge in [-0.1, -0.05) is 19.8 Å². The zero-order chi connectivity index (χ0) is 14.0. The standard InChI is InChI=1S/C16H22N4/c1-13-4-2-3-7-16(13,11-17)20-12-19-10-15(20)14-5-8-18-9-6-14/h5-6,8-10,12-13H,2-4,7,11,17H2,1H3. The molecule has 1 saturated carbocycles. The van der Waals surface area contributed by atoms with Gasteiger partial charge in [-0.2, -0.15) is 0 Å². The number of hydrogen-bond acceptors (Lipinski definition) is 3. The summed E-state index contributed by atoms with van der Waals surface area (Å²) in [6, 6.07) is 4.07. The van der Waals surface area contributed by atoms with E-state index in [1.807, 2.05) is 37.1 Å². The number of hydrogen-bond donors (Lipinski definition) is 1. The first-order chi connectivity index (χ1) is 9.78. The van der Waals surface area contributed by atoms with E-state index in [1.165, 1.54) is 19.3 Å². The van der Waals surface area contributed by atoms with Crippen LogP contribution >= 0.6 is 0 Å². The zero-order valence-electron chi connectivity index (χ0n) is 12.0. The molecule has 0 radical (unpaired) electrons. The van der Waals surface area contributed by atoms with Gasteiger partial charge >= 0.3 is 0 Å². The fourth-order valence-electron chi connectivity index (χ4n) is 3.54. The number of rotatable bonds is 3. The van der Waals surface area contributed by atoms with Crippen LogP contribution in [0.25, 0.3) is 11.3 Å². The number of aromatic nitrogens is 3. The molecule has 0 aliphatic heterocycles. The maximum atomic E-state index is 6.21. The van der Waals surface area contributed by atoms with Crippen molar-refractivity contribution in [1.82, 2.24) is 14.5 Å². The first-order valence-corrected chi connectivity index (χ1v) is 7.41. The van der Waals surface area contributed by atoms with Gasteiger partial charge in [0.1, 0.15) is 0 Å². The normalized spacial score (nSPS) is 26.6. The van der Waals surface area contributed by atoms with E-state index in [9.17, 15) is 0 Å². The van der Waals surface area contributed by atoms with Gasteiger partial charge in [-0.15, -0.1) is 0 Å². The van der Waals surface area contributed by atoms with Crippen LogP contribution < -0.4 is 5.73 Å². The predicted molar refractivity (Wildman–Crippen MR) is 80.1 cm³/mol. The van der Waals surface area contributed by atoms with Gasteiger partial charge in [-0.3, -0.25) is 4.98 Å². The quantitative estimate of drug-likeness (QED) is 0.933. The highest BCUT2D eigenvalue weighted by Crippen LogP contribution is 2.41. The molecule has 3 rings (SSSR count). The Morgan fingerprint density at radius 1 is 1.30 bits per heavy atom. The van der Waals surface area contributed by atoms with Crippen molar-refractivity contribution in [2.45, 2.75) is 38.1 Å². The Morgan fingerprint density at radius 2 is 2.10 bits per heavy atom. The van der Waals surface area contributed by atoms with Crippen molar-refractivity contribution >= 4 is 0 Å². The summed E-state index contributed by atoms with van der Waals surface area (Å²) >= 11 is 0. The molecule has 1 aliphatic carbocycles. The van der Waals surface area contributed by atoms with Crippen LogP contribution in [-0.4, -0.2) is 21.1 Å². The molecule has 0 aromatic carbocycles. The molecule has 0 spiro atoms. The third-order valence-electron chi connectivity index (χ3n) is 4.86. The minimum Gasteiger partial charge on any atom is -0.328 e. The Bertz CT molecular complexity index is 563. The van der Waals surface area contributed by atoms with E-state index in [0.29, 0.717) is 12.5 Å². The molecule has 20 heavy (non-hydrogen) atoms. The second-order valence-electron chi connectivity index (χ2n) is 5.84. The van der Waals surface area contributed by atoms with Crippen LogP contribution in [0.3, 0.4) is 0 Å². The number of imidazole rings is 1. The van der Waals surface area contributed by atoms with Crippen molar-refractivity contribution in [3.8, 4) is 11.3 Å². The van der Waals surface area contributed by atoms with Gasteiger partial charge in [-0.05, 0) is 30.9 Å². The lowest BCUT2D eigenvalue weighted by molar-refractivity contribution is 0.127. The van der Waals surface area contributed by atoms with E-state index < -0.39 is 0 Å². The lowest BCUT2D eigenvalue weighted by Crippen LogP contribution is -2.48. The van der Waals surface area contributed by atoms with E-state index in [-0.39, 0.29) is 5.54 Å². The molecule has 2 aromatic rings. The third-order valence-corrected chi connectivity index (χ3v) is 4.86. The summed E-state index contributed by atoms with van der Waals surface area (Å²) in [5.41, 5.74) is 8.51. The van der Waals surface area contributed by atoms with E-state index >= 15 is 0 Å². The van der Waals surface area contributed by atoms with Crippen LogP contribution in [-0.2, 0) is 5.54 Å². The van der Waals surface area contributed by atoms with Gasteiger partial charge in [0.2, 0.25) is 0 Å².